The molecule has 0 spiro atoms. The first-order valence-corrected chi connectivity index (χ1v) is 12.2. The third kappa shape index (κ3) is 9.98. The van der Waals surface area contributed by atoms with Crippen LogP contribution in [0.25, 0.3) is 0 Å². The van der Waals surface area contributed by atoms with Gasteiger partial charge < -0.3 is 4.90 Å². The topological polar surface area (TPSA) is 3.24 Å². The number of hydrogen-bond acceptors (Lipinski definition) is 1. The van der Waals surface area contributed by atoms with Gasteiger partial charge in [-0.05, 0) is 94.1 Å². The van der Waals surface area contributed by atoms with E-state index in [9.17, 15) is 0 Å². The Labute approximate surface area is 190 Å². The second-order valence-corrected chi connectivity index (χ2v) is 8.67. The summed E-state index contributed by atoms with van der Waals surface area (Å²) in [4.78, 5) is 2.72. The van der Waals surface area contributed by atoms with Crippen molar-refractivity contribution in [1.82, 2.24) is 4.90 Å². The number of hydrogen-bond donors (Lipinski definition) is 0. The molecule has 1 heteroatoms. The highest BCUT2D eigenvalue weighted by molar-refractivity contribution is 5.16. The quantitative estimate of drug-likeness (QED) is 0.235. The Morgan fingerprint density at radius 3 is 0.935 bits per heavy atom. The predicted molar refractivity (Wildman–Crippen MR) is 135 cm³/mol. The minimum absolute atomic E-state index is 1.21. The van der Waals surface area contributed by atoms with E-state index in [1.807, 2.05) is 0 Å². The molecule has 164 valence electrons. The van der Waals surface area contributed by atoms with Crippen molar-refractivity contribution in [3.63, 3.8) is 0 Å². The van der Waals surface area contributed by atoms with Crippen molar-refractivity contribution < 1.29 is 0 Å². The van der Waals surface area contributed by atoms with E-state index < -0.39 is 0 Å². The fourth-order valence-corrected chi connectivity index (χ4v) is 4.26. The molecule has 0 amide bonds. The van der Waals surface area contributed by atoms with Crippen LogP contribution >= 0.6 is 0 Å². The Kier molecular flexibility index (Phi) is 11.0. The van der Waals surface area contributed by atoms with Crippen LogP contribution in [-0.4, -0.2) is 24.5 Å². The van der Waals surface area contributed by atoms with Crippen LogP contribution < -0.4 is 0 Å². The van der Waals surface area contributed by atoms with E-state index in [-0.39, 0.29) is 0 Å². The van der Waals surface area contributed by atoms with Gasteiger partial charge in [-0.15, -0.1) is 0 Å². The first-order chi connectivity index (χ1) is 15.4. The van der Waals surface area contributed by atoms with Crippen LogP contribution in [0.5, 0.6) is 0 Å². The van der Waals surface area contributed by atoms with Gasteiger partial charge in [0.25, 0.3) is 0 Å². The maximum atomic E-state index is 2.72. The molecule has 0 aliphatic rings. The van der Waals surface area contributed by atoms with Crippen molar-refractivity contribution in [2.45, 2.75) is 57.8 Å². The smallest absolute Gasteiger partial charge is 0.00186 e. The molecule has 0 radical (unpaired) electrons. The monoisotopic (exact) mass is 413 g/mol. The molecular weight excluding hydrogens is 374 g/mol. The lowest BCUT2D eigenvalue weighted by Gasteiger charge is -2.22. The third-order valence-electron chi connectivity index (χ3n) is 6.10. The van der Waals surface area contributed by atoms with E-state index in [1.54, 1.807) is 0 Å². The number of unbranched alkanes of at least 4 members (excludes halogenated alkanes) is 3. The predicted octanol–water partition coefficient (Wildman–Crippen LogP) is 7.36. The van der Waals surface area contributed by atoms with Gasteiger partial charge in [-0.25, -0.2) is 0 Å². The van der Waals surface area contributed by atoms with E-state index in [0.29, 0.717) is 0 Å². The second kappa shape index (κ2) is 14.6. The summed E-state index contributed by atoms with van der Waals surface area (Å²) in [5.41, 5.74) is 4.42. The molecular formula is C30H39N. The summed E-state index contributed by atoms with van der Waals surface area (Å²) >= 11 is 0. The van der Waals surface area contributed by atoms with Crippen LogP contribution in [0.3, 0.4) is 0 Å². The van der Waals surface area contributed by atoms with Crippen LogP contribution in [0.15, 0.2) is 91.0 Å². The minimum Gasteiger partial charge on any atom is -0.303 e. The lowest BCUT2D eigenvalue weighted by atomic mass is 10.1. The lowest BCUT2D eigenvalue weighted by Crippen LogP contribution is -2.27. The second-order valence-electron chi connectivity index (χ2n) is 8.67. The largest absolute Gasteiger partial charge is 0.303 e. The zero-order chi connectivity index (χ0) is 21.4. The van der Waals surface area contributed by atoms with Crippen molar-refractivity contribution in [3.05, 3.63) is 108 Å². The van der Waals surface area contributed by atoms with Crippen LogP contribution in [0, 0.1) is 0 Å². The number of benzene rings is 3. The molecule has 0 aliphatic heterocycles. The molecule has 0 atom stereocenters. The third-order valence-corrected chi connectivity index (χ3v) is 6.10. The van der Waals surface area contributed by atoms with Gasteiger partial charge in [0.2, 0.25) is 0 Å². The van der Waals surface area contributed by atoms with E-state index in [0.717, 1.165) is 0 Å². The highest BCUT2D eigenvalue weighted by atomic mass is 15.1. The summed E-state index contributed by atoms with van der Waals surface area (Å²) < 4.78 is 0. The molecule has 3 aromatic carbocycles. The van der Waals surface area contributed by atoms with Crippen molar-refractivity contribution in [2.75, 3.05) is 19.6 Å². The average Bonchev–Trinajstić information content (AvgIpc) is 2.83. The van der Waals surface area contributed by atoms with E-state index in [4.69, 9.17) is 0 Å². The highest BCUT2D eigenvalue weighted by Crippen LogP contribution is 2.10. The molecule has 1 nitrogen and oxygen atoms in total. The summed E-state index contributed by atoms with van der Waals surface area (Å²) in [6, 6.07) is 32.8. The standard InChI is InChI=1S/C30H39N/c1-4-16-28(17-5-1)22-10-13-25-31(26-14-11-23-29-18-6-2-7-19-29)27-15-12-24-30-20-8-3-9-21-30/h1-9,16-21H,10-15,22-27H2. The van der Waals surface area contributed by atoms with Gasteiger partial charge >= 0.3 is 0 Å². The highest BCUT2D eigenvalue weighted by Gasteiger charge is 2.06. The number of nitrogens with zero attached hydrogens (tertiary/aromatic N) is 1. The fraction of sp³-hybridized carbons (Fsp3) is 0.400. The molecule has 3 aromatic rings. The summed E-state index contributed by atoms with van der Waals surface area (Å²) in [5.74, 6) is 0. The number of aryl methyl sites for hydroxylation is 3. The van der Waals surface area contributed by atoms with Crippen molar-refractivity contribution in [2.24, 2.45) is 0 Å². The van der Waals surface area contributed by atoms with Gasteiger partial charge in [0.05, 0.1) is 0 Å². The molecule has 0 saturated heterocycles. The molecule has 0 aliphatic carbocycles. The Balaban J connectivity index is 1.36. The first-order valence-electron chi connectivity index (χ1n) is 12.2. The molecule has 0 aromatic heterocycles. The van der Waals surface area contributed by atoms with Crippen molar-refractivity contribution in [3.8, 4) is 0 Å². The molecule has 31 heavy (non-hydrogen) atoms. The SMILES string of the molecule is c1ccc(CCCCN(CCCCc2ccccc2)CCCCc2ccccc2)cc1. The van der Waals surface area contributed by atoms with Gasteiger partial charge in [0, 0.05) is 0 Å². The lowest BCUT2D eigenvalue weighted by molar-refractivity contribution is 0.257. The summed E-state index contributed by atoms with van der Waals surface area (Å²) in [7, 11) is 0. The number of rotatable bonds is 15. The Morgan fingerprint density at radius 1 is 0.355 bits per heavy atom. The van der Waals surface area contributed by atoms with Crippen LogP contribution in [0.1, 0.15) is 55.2 Å². The summed E-state index contributed by atoms with van der Waals surface area (Å²) in [6.45, 7) is 3.72. The normalized spacial score (nSPS) is 11.1. The molecule has 3 rings (SSSR count). The molecule has 0 unspecified atom stereocenters. The first kappa shape index (κ1) is 23.3. The summed E-state index contributed by atoms with van der Waals surface area (Å²) in [6.07, 6.45) is 11.4. The molecule has 0 bridgehead atoms. The minimum atomic E-state index is 1.21. The average molecular weight is 414 g/mol. The Morgan fingerprint density at radius 2 is 0.645 bits per heavy atom. The molecule has 0 heterocycles. The van der Waals surface area contributed by atoms with E-state index in [2.05, 4.69) is 95.9 Å². The Hall–Kier alpha value is -2.38. The zero-order valence-electron chi connectivity index (χ0n) is 19.1. The molecule has 0 fully saturated rings. The van der Waals surface area contributed by atoms with E-state index >= 15 is 0 Å². The van der Waals surface area contributed by atoms with Gasteiger partial charge in [0.1, 0.15) is 0 Å². The van der Waals surface area contributed by atoms with Crippen molar-refractivity contribution in [1.29, 1.82) is 0 Å². The van der Waals surface area contributed by atoms with Crippen molar-refractivity contribution >= 4 is 0 Å². The maximum Gasteiger partial charge on any atom is -0.00186 e. The van der Waals surface area contributed by atoms with Crippen LogP contribution in [-0.2, 0) is 19.3 Å². The van der Waals surface area contributed by atoms with Gasteiger partial charge in [-0.3, -0.25) is 0 Å². The molecule has 0 N–H and O–H groups in total. The zero-order valence-corrected chi connectivity index (χ0v) is 19.1. The van der Waals surface area contributed by atoms with Gasteiger partial charge in [0.15, 0.2) is 0 Å². The van der Waals surface area contributed by atoms with Crippen LogP contribution in [0.2, 0.25) is 0 Å². The van der Waals surface area contributed by atoms with Crippen LogP contribution in [0.4, 0.5) is 0 Å². The van der Waals surface area contributed by atoms with Gasteiger partial charge in [-0.2, -0.15) is 0 Å². The maximum absolute atomic E-state index is 2.72. The Bertz CT molecular complexity index is 685. The molecule has 0 saturated carbocycles. The van der Waals surface area contributed by atoms with E-state index in [1.165, 1.54) is 94.1 Å². The van der Waals surface area contributed by atoms with Gasteiger partial charge in [-0.1, -0.05) is 91.0 Å². The summed E-state index contributed by atoms with van der Waals surface area (Å²) in [5, 5.41) is 0. The fourth-order valence-electron chi connectivity index (χ4n) is 4.26.